The van der Waals surface area contributed by atoms with E-state index in [0.29, 0.717) is 18.9 Å². The van der Waals surface area contributed by atoms with Gasteiger partial charge in [0.15, 0.2) is 0 Å². The largest absolute Gasteiger partial charge is 0.369 e. The Kier molecular flexibility index (Phi) is 5.27. The van der Waals surface area contributed by atoms with Crippen LogP contribution in [0.25, 0.3) is 0 Å². The molecule has 0 bridgehead atoms. The van der Waals surface area contributed by atoms with E-state index in [1.807, 2.05) is 0 Å². The summed E-state index contributed by atoms with van der Waals surface area (Å²) in [6, 6.07) is -0.522. The molecule has 6 nitrogen and oxygen atoms in total. The Bertz CT molecular complexity index is 375. The average molecular weight is 309 g/mol. The van der Waals surface area contributed by atoms with Gasteiger partial charge in [-0.25, -0.2) is 9.78 Å². The molecule has 0 aliphatic rings. The van der Waals surface area contributed by atoms with Gasteiger partial charge in [0.25, 0.3) is 0 Å². The molecule has 0 saturated carbocycles. The molecule has 4 N–H and O–H groups in total. The van der Waals surface area contributed by atoms with E-state index in [1.54, 1.807) is 6.20 Å². The van der Waals surface area contributed by atoms with Crippen molar-refractivity contribution < 1.29 is 4.79 Å². The highest BCUT2D eigenvalue weighted by molar-refractivity contribution is 9.10. The molecule has 0 unspecified atom stereocenters. The van der Waals surface area contributed by atoms with Crippen LogP contribution in [0.3, 0.4) is 0 Å². The molecule has 1 rings (SSSR count). The summed E-state index contributed by atoms with van der Waals surface area (Å²) < 4.78 is 0.736. The third-order valence-corrected chi connectivity index (χ3v) is 2.42. The van der Waals surface area contributed by atoms with Gasteiger partial charge in [-0.15, -0.1) is 0 Å². The standard InChI is InChI=1S/C8H11BrClN5O/c9-5-4-14-7(10)15-6(5)12-2-1-3-13-8(11)16/h4H,1-3H2,(H3,11,13,16)(H,12,14,15). The first-order valence-corrected chi connectivity index (χ1v) is 5.72. The van der Waals surface area contributed by atoms with E-state index >= 15 is 0 Å². The summed E-state index contributed by atoms with van der Waals surface area (Å²) in [5.41, 5.74) is 4.91. The number of hydrogen-bond acceptors (Lipinski definition) is 4. The van der Waals surface area contributed by atoms with Crippen molar-refractivity contribution in [2.75, 3.05) is 18.4 Å². The second kappa shape index (κ2) is 6.49. The highest BCUT2D eigenvalue weighted by Gasteiger charge is 2.02. The summed E-state index contributed by atoms with van der Waals surface area (Å²) in [6.07, 6.45) is 2.30. The monoisotopic (exact) mass is 307 g/mol. The number of hydrogen-bond donors (Lipinski definition) is 3. The van der Waals surface area contributed by atoms with E-state index in [2.05, 4.69) is 36.5 Å². The summed E-state index contributed by atoms with van der Waals surface area (Å²) >= 11 is 8.93. The van der Waals surface area contributed by atoms with Crippen LogP contribution in [0.15, 0.2) is 10.7 Å². The molecule has 1 heterocycles. The summed E-state index contributed by atoms with van der Waals surface area (Å²) in [5.74, 6) is 0.624. The van der Waals surface area contributed by atoms with Crippen LogP contribution < -0.4 is 16.4 Å². The summed E-state index contributed by atoms with van der Waals surface area (Å²) in [4.78, 5) is 18.2. The number of nitrogens with zero attached hydrogens (tertiary/aromatic N) is 2. The molecule has 8 heteroatoms. The van der Waals surface area contributed by atoms with Gasteiger partial charge in [0.2, 0.25) is 5.28 Å². The molecule has 0 atom stereocenters. The molecule has 0 radical (unpaired) electrons. The number of urea groups is 1. The minimum atomic E-state index is -0.522. The number of carbonyl (C=O) groups is 1. The van der Waals surface area contributed by atoms with Gasteiger partial charge in [-0.05, 0) is 34.0 Å². The fraction of sp³-hybridized carbons (Fsp3) is 0.375. The number of anilines is 1. The molecule has 88 valence electrons. The molecule has 0 spiro atoms. The third-order valence-electron chi connectivity index (χ3n) is 1.66. The van der Waals surface area contributed by atoms with Crippen molar-refractivity contribution in [3.8, 4) is 0 Å². The molecule has 0 aliphatic heterocycles. The second-order valence-electron chi connectivity index (χ2n) is 2.91. The number of primary amides is 1. The zero-order chi connectivity index (χ0) is 12.0. The first kappa shape index (κ1) is 13.0. The van der Waals surface area contributed by atoms with Crippen LogP contribution in [-0.4, -0.2) is 29.1 Å². The van der Waals surface area contributed by atoms with Crippen molar-refractivity contribution >= 4 is 39.4 Å². The summed E-state index contributed by atoms with van der Waals surface area (Å²) in [7, 11) is 0. The van der Waals surface area contributed by atoms with E-state index < -0.39 is 6.03 Å². The molecule has 0 aromatic carbocycles. The fourth-order valence-electron chi connectivity index (χ4n) is 0.976. The predicted molar refractivity (Wildman–Crippen MR) is 65.4 cm³/mol. The van der Waals surface area contributed by atoms with Crippen molar-refractivity contribution in [3.63, 3.8) is 0 Å². The van der Waals surface area contributed by atoms with Crippen LogP contribution in [0.2, 0.25) is 5.28 Å². The fourth-order valence-corrected chi connectivity index (χ4v) is 1.44. The molecule has 0 fully saturated rings. The normalized spacial score (nSPS) is 9.88. The molecule has 1 aromatic heterocycles. The Hall–Kier alpha value is -1.08. The van der Waals surface area contributed by atoms with Gasteiger partial charge in [0, 0.05) is 19.3 Å². The Balaban J connectivity index is 2.31. The van der Waals surface area contributed by atoms with E-state index in [-0.39, 0.29) is 5.28 Å². The topological polar surface area (TPSA) is 92.9 Å². The van der Waals surface area contributed by atoms with Crippen molar-refractivity contribution in [2.24, 2.45) is 5.73 Å². The summed E-state index contributed by atoms with van der Waals surface area (Å²) in [5, 5.41) is 5.72. The molecule has 0 saturated heterocycles. The zero-order valence-corrected chi connectivity index (χ0v) is 10.7. The highest BCUT2D eigenvalue weighted by Crippen LogP contribution is 2.19. The molecule has 16 heavy (non-hydrogen) atoms. The Morgan fingerprint density at radius 1 is 1.56 bits per heavy atom. The van der Waals surface area contributed by atoms with Gasteiger partial charge in [-0.2, -0.15) is 4.98 Å². The van der Waals surface area contributed by atoms with Gasteiger partial charge in [0.1, 0.15) is 5.82 Å². The number of nitrogens with two attached hydrogens (primary N) is 1. The van der Waals surface area contributed by atoms with Gasteiger partial charge in [-0.1, -0.05) is 0 Å². The molecule has 2 amide bonds. The van der Waals surface area contributed by atoms with E-state index in [4.69, 9.17) is 17.3 Å². The molecule has 0 aliphatic carbocycles. The Labute approximate surface area is 106 Å². The Morgan fingerprint density at radius 3 is 3.00 bits per heavy atom. The van der Waals surface area contributed by atoms with Crippen LogP contribution in [0.1, 0.15) is 6.42 Å². The smallest absolute Gasteiger partial charge is 0.312 e. The lowest BCUT2D eigenvalue weighted by Gasteiger charge is -2.07. The van der Waals surface area contributed by atoms with E-state index in [0.717, 1.165) is 10.9 Å². The van der Waals surface area contributed by atoms with Crippen LogP contribution >= 0.6 is 27.5 Å². The van der Waals surface area contributed by atoms with Crippen LogP contribution in [0, 0.1) is 0 Å². The minimum absolute atomic E-state index is 0.181. The maximum atomic E-state index is 10.4. The van der Waals surface area contributed by atoms with Crippen LogP contribution in [0.4, 0.5) is 10.6 Å². The van der Waals surface area contributed by atoms with Crippen molar-refractivity contribution in [2.45, 2.75) is 6.42 Å². The van der Waals surface area contributed by atoms with Gasteiger partial charge < -0.3 is 16.4 Å². The zero-order valence-electron chi connectivity index (χ0n) is 8.33. The first-order valence-electron chi connectivity index (χ1n) is 4.55. The average Bonchev–Trinajstić information content (AvgIpc) is 2.22. The molecular formula is C8H11BrClN5O. The minimum Gasteiger partial charge on any atom is -0.369 e. The Morgan fingerprint density at radius 2 is 2.31 bits per heavy atom. The second-order valence-corrected chi connectivity index (χ2v) is 4.10. The lowest BCUT2D eigenvalue weighted by Crippen LogP contribution is -2.30. The molecule has 1 aromatic rings. The number of aromatic nitrogens is 2. The van der Waals surface area contributed by atoms with Crippen molar-refractivity contribution in [3.05, 3.63) is 16.0 Å². The van der Waals surface area contributed by atoms with Gasteiger partial charge >= 0.3 is 6.03 Å². The number of rotatable bonds is 5. The number of carbonyl (C=O) groups excluding carboxylic acids is 1. The van der Waals surface area contributed by atoms with Crippen LogP contribution in [0.5, 0.6) is 0 Å². The number of halogens is 2. The van der Waals surface area contributed by atoms with Crippen LogP contribution in [-0.2, 0) is 0 Å². The SMILES string of the molecule is NC(=O)NCCCNc1nc(Cl)ncc1Br. The van der Waals surface area contributed by atoms with E-state index in [1.165, 1.54) is 0 Å². The number of nitrogens with one attached hydrogen (secondary N) is 2. The van der Waals surface area contributed by atoms with Gasteiger partial charge in [-0.3, -0.25) is 0 Å². The summed E-state index contributed by atoms with van der Waals surface area (Å²) in [6.45, 7) is 1.16. The highest BCUT2D eigenvalue weighted by atomic mass is 79.9. The maximum absolute atomic E-state index is 10.4. The quantitative estimate of drug-likeness (QED) is 0.565. The maximum Gasteiger partial charge on any atom is 0.312 e. The lowest BCUT2D eigenvalue weighted by molar-refractivity contribution is 0.249. The number of amides is 2. The van der Waals surface area contributed by atoms with Crippen molar-refractivity contribution in [1.29, 1.82) is 0 Å². The first-order chi connectivity index (χ1) is 7.59. The van der Waals surface area contributed by atoms with E-state index in [9.17, 15) is 4.79 Å². The van der Waals surface area contributed by atoms with Gasteiger partial charge in [0.05, 0.1) is 4.47 Å². The third kappa shape index (κ3) is 4.63. The predicted octanol–water partition coefficient (Wildman–Crippen LogP) is 1.36. The van der Waals surface area contributed by atoms with Crippen molar-refractivity contribution in [1.82, 2.24) is 15.3 Å². The molecular weight excluding hydrogens is 297 g/mol. The lowest BCUT2D eigenvalue weighted by atomic mass is 10.4.